The molecule has 146 valence electrons. The molecule has 0 saturated carbocycles. The summed E-state index contributed by atoms with van der Waals surface area (Å²) < 4.78 is 10.9. The van der Waals surface area contributed by atoms with E-state index >= 15 is 0 Å². The average molecular weight is 372 g/mol. The number of aromatic nitrogens is 2. The Bertz CT molecular complexity index is 774. The highest BCUT2D eigenvalue weighted by Gasteiger charge is 2.28. The zero-order chi connectivity index (χ0) is 19.2. The summed E-state index contributed by atoms with van der Waals surface area (Å²) in [7, 11) is 0. The SMILES string of the molecule is CCCOc1ccc(CNC(=O)N2CCCC(c3nc(C)no3)C2)c(C)c1. The van der Waals surface area contributed by atoms with Crippen molar-refractivity contribution in [3.63, 3.8) is 0 Å². The van der Waals surface area contributed by atoms with Crippen LogP contribution in [0.3, 0.4) is 0 Å². The number of nitrogens with zero attached hydrogens (tertiary/aromatic N) is 3. The Morgan fingerprint density at radius 3 is 2.96 bits per heavy atom. The Hall–Kier alpha value is -2.57. The van der Waals surface area contributed by atoms with Crippen molar-refractivity contribution < 1.29 is 14.1 Å². The average Bonchev–Trinajstić information content (AvgIpc) is 3.12. The van der Waals surface area contributed by atoms with Crippen LogP contribution in [0.25, 0.3) is 0 Å². The van der Waals surface area contributed by atoms with E-state index in [-0.39, 0.29) is 11.9 Å². The standard InChI is InChI=1S/C20H28N4O3/c1-4-10-26-18-8-7-16(14(2)11-18)12-21-20(25)24-9-5-6-17(13-24)19-22-15(3)23-27-19/h7-8,11,17H,4-6,9-10,12-13H2,1-3H3,(H,21,25). The van der Waals surface area contributed by atoms with E-state index in [0.717, 1.165) is 42.7 Å². The van der Waals surface area contributed by atoms with Gasteiger partial charge in [0.1, 0.15) is 5.75 Å². The molecule has 0 bridgehead atoms. The van der Waals surface area contributed by atoms with Gasteiger partial charge in [0.25, 0.3) is 0 Å². The van der Waals surface area contributed by atoms with Crippen molar-refractivity contribution in [1.82, 2.24) is 20.4 Å². The van der Waals surface area contributed by atoms with Crippen LogP contribution in [0.1, 0.15) is 54.9 Å². The van der Waals surface area contributed by atoms with Gasteiger partial charge < -0.3 is 19.5 Å². The van der Waals surface area contributed by atoms with Crippen LogP contribution in [0.2, 0.25) is 0 Å². The highest BCUT2D eigenvalue weighted by Crippen LogP contribution is 2.25. The van der Waals surface area contributed by atoms with Crippen LogP contribution in [0.15, 0.2) is 22.7 Å². The molecule has 1 aliphatic rings. The second-order valence-corrected chi connectivity index (χ2v) is 7.06. The molecule has 0 aliphatic carbocycles. The molecule has 1 aromatic heterocycles. The van der Waals surface area contributed by atoms with E-state index in [4.69, 9.17) is 9.26 Å². The van der Waals surface area contributed by atoms with E-state index in [1.54, 1.807) is 6.92 Å². The van der Waals surface area contributed by atoms with Gasteiger partial charge in [0.2, 0.25) is 5.89 Å². The molecule has 27 heavy (non-hydrogen) atoms. The van der Waals surface area contributed by atoms with E-state index in [2.05, 4.69) is 22.4 Å². The minimum Gasteiger partial charge on any atom is -0.494 e. The van der Waals surface area contributed by atoms with Gasteiger partial charge >= 0.3 is 6.03 Å². The van der Waals surface area contributed by atoms with Crippen LogP contribution in [-0.4, -0.2) is 40.8 Å². The number of carbonyl (C=O) groups is 1. The zero-order valence-electron chi connectivity index (χ0n) is 16.3. The smallest absolute Gasteiger partial charge is 0.317 e. The molecule has 0 spiro atoms. The summed E-state index contributed by atoms with van der Waals surface area (Å²) in [5.74, 6) is 2.25. The van der Waals surface area contributed by atoms with Crippen molar-refractivity contribution in [3.05, 3.63) is 41.0 Å². The normalized spacial score (nSPS) is 17.0. The van der Waals surface area contributed by atoms with Crippen molar-refractivity contribution in [3.8, 4) is 5.75 Å². The quantitative estimate of drug-likeness (QED) is 0.838. The van der Waals surface area contributed by atoms with E-state index < -0.39 is 0 Å². The maximum Gasteiger partial charge on any atom is 0.317 e. The predicted molar refractivity (Wildman–Crippen MR) is 102 cm³/mol. The summed E-state index contributed by atoms with van der Waals surface area (Å²) in [5.41, 5.74) is 2.20. The van der Waals surface area contributed by atoms with Crippen molar-refractivity contribution in [2.45, 2.75) is 52.5 Å². The number of carbonyl (C=O) groups excluding carboxylic acids is 1. The first-order valence-corrected chi connectivity index (χ1v) is 9.62. The monoisotopic (exact) mass is 372 g/mol. The molecule has 2 heterocycles. The highest BCUT2D eigenvalue weighted by molar-refractivity contribution is 5.74. The molecule has 0 radical (unpaired) electrons. The summed E-state index contributed by atoms with van der Waals surface area (Å²) in [6.07, 6.45) is 2.88. The van der Waals surface area contributed by atoms with Gasteiger partial charge in [0, 0.05) is 19.6 Å². The van der Waals surface area contributed by atoms with Crippen molar-refractivity contribution in [1.29, 1.82) is 0 Å². The van der Waals surface area contributed by atoms with Gasteiger partial charge in [-0.05, 0) is 56.4 Å². The number of amides is 2. The summed E-state index contributed by atoms with van der Waals surface area (Å²) in [4.78, 5) is 18.7. The summed E-state index contributed by atoms with van der Waals surface area (Å²) in [6, 6.07) is 5.94. The second kappa shape index (κ2) is 8.88. The Morgan fingerprint density at radius 2 is 2.26 bits per heavy atom. The fourth-order valence-corrected chi connectivity index (χ4v) is 3.30. The molecular formula is C20H28N4O3. The lowest BCUT2D eigenvalue weighted by molar-refractivity contribution is 0.171. The van der Waals surface area contributed by atoms with E-state index in [1.807, 2.05) is 30.0 Å². The number of nitrogens with one attached hydrogen (secondary N) is 1. The largest absolute Gasteiger partial charge is 0.494 e. The highest BCUT2D eigenvalue weighted by atomic mass is 16.5. The maximum atomic E-state index is 12.6. The lowest BCUT2D eigenvalue weighted by Crippen LogP contribution is -2.44. The first-order chi connectivity index (χ1) is 13.1. The van der Waals surface area contributed by atoms with Crippen LogP contribution in [-0.2, 0) is 6.54 Å². The van der Waals surface area contributed by atoms with Crippen molar-refractivity contribution in [2.24, 2.45) is 0 Å². The van der Waals surface area contributed by atoms with Gasteiger partial charge in [-0.15, -0.1) is 0 Å². The number of ether oxygens (including phenoxy) is 1. The third-order valence-electron chi connectivity index (χ3n) is 4.82. The Labute approximate surface area is 160 Å². The fraction of sp³-hybridized carbons (Fsp3) is 0.550. The van der Waals surface area contributed by atoms with Crippen molar-refractivity contribution in [2.75, 3.05) is 19.7 Å². The minimum absolute atomic E-state index is 0.0540. The topological polar surface area (TPSA) is 80.5 Å². The molecule has 7 heteroatoms. The Balaban J connectivity index is 1.54. The van der Waals surface area contributed by atoms with Gasteiger partial charge in [-0.25, -0.2) is 4.79 Å². The fourth-order valence-electron chi connectivity index (χ4n) is 3.30. The van der Waals surface area contributed by atoms with Gasteiger partial charge in [0.15, 0.2) is 5.82 Å². The molecule has 3 rings (SSSR count). The molecule has 2 aromatic rings. The Morgan fingerprint density at radius 1 is 1.41 bits per heavy atom. The van der Waals surface area contributed by atoms with Crippen molar-refractivity contribution >= 4 is 6.03 Å². The van der Waals surface area contributed by atoms with Gasteiger partial charge in [0.05, 0.1) is 12.5 Å². The number of benzene rings is 1. The van der Waals surface area contributed by atoms with Crippen LogP contribution >= 0.6 is 0 Å². The summed E-state index contributed by atoms with van der Waals surface area (Å²) in [6.45, 7) is 8.50. The van der Waals surface area contributed by atoms with E-state index in [9.17, 15) is 4.79 Å². The minimum atomic E-state index is -0.0540. The lowest BCUT2D eigenvalue weighted by Gasteiger charge is -2.31. The first-order valence-electron chi connectivity index (χ1n) is 9.62. The number of hydrogen-bond donors (Lipinski definition) is 1. The molecule has 2 amide bonds. The molecule has 1 fully saturated rings. The first kappa shape index (κ1) is 19.2. The van der Waals surface area contributed by atoms with E-state index in [0.29, 0.717) is 31.4 Å². The van der Waals surface area contributed by atoms with E-state index in [1.165, 1.54) is 0 Å². The molecule has 1 N–H and O–H groups in total. The number of hydrogen-bond acceptors (Lipinski definition) is 5. The third kappa shape index (κ3) is 4.99. The maximum absolute atomic E-state index is 12.6. The third-order valence-corrected chi connectivity index (χ3v) is 4.82. The molecule has 1 aromatic carbocycles. The molecular weight excluding hydrogens is 344 g/mol. The summed E-state index contributed by atoms with van der Waals surface area (Å²) in [5, 5.41) is 6.89. The molecule has 1 saturated heterocycles. The Kier molecular flexibility index (Phi) is 6.32. The number of urea groups is 1. The van der Waals surface area contributed by atoms with Crippen LogP contribution in [0, 0.1) is 13.8 Å². The van der Waals surface area contributed by atoms with Gasteiger partial charge in [-0.3, -0.25) is 0 Å². The molecule has 1 aliphatic heterocycles. The lowest BCUT2D eigenvalue weighted by atomic mass is 9.98. The second-order valence-electron chi connectivity index (χ2n) is 7.06. The molecule has 7 nitrogen and oxygen atoms in total. The van der Waals surface area contributed by atoms with Gasteiger partial charge in [-0.1, -0.05) is 18.1 Å². The van der Waals surface area contributed by atoms with Crippen LogP contribution < -0.4 is 10.1 Å². The zero-order valence-corrected chi connectivity index (χ0v) is 16.3. The van der Waals surface area contributed by atoms with Crippen LogP contribution in [0.4, 0.5) is 4.79 Å². The number of aryl methyl sites for hydroxylation is 2. The van der Waals surface area contributed by atoms with Crippen LogP contribution in [0.5, 0.6) is 5.75 Å². The predicted octanol–water partition coefficient (Wildman–Crippen LogP) is 3.56. The number of piperidine rings is 1. The number of likely N-dealkylation sites (tertiary alicyclic amines) is 1. The number of rotatable bonds is 6. The molecule has 1 atom stereocenters. The summed E-state index contributed by atoms with van der Waals surface area (Å²) >= 11 is 0. The molecule has 1 unspecified atom stereocenters. The van der Waals surface area contributed by atoms with Gasteiger partial charge in [-0.2, -0.15) is 4.98 Å².